The van der Waals surface area contributed by atoms with E-state index in [9.17, 15) is 24.0 Å². The summed E-state index contributed by atoms with van der Waals surface area (Å²) in [6.07, 6.45) is 1.50. The van der Waals surface area contributed by atoms with E-state index in [0.29, 0.717) is 27.5 Å². The van der Waals surface area contributed by atoms with Crippen molar-refractivity contribution in [2.45, 2.75) is 6.92 Å². The van der Waals surface area contributed by atoms with Gasteiger partial charge in [-0.3, -0.25) is 19.3 Å². The van der Waals surface area contributed by atoms with Crippen LogP contribution < -0.4 is 10.1 Å². The Hall–Kier alpha value is -3.35. The molecule has 2 aromatic carbocycles. The summed E-state index contributed by atoms with van der Waals surface area (Å²) in [5, 5.41) is 2.09. The molecule has 37 heavy (non-hydrogen) atoms. The minimum absolute atomic E-state index is 0.0725. The molecule has 0 bridgehead atoms. The number of ether oxygens (including phenoxy) is 3. The zero-order valence-electron chi connectivity index (χ0n) is 19.5. The fourth-order valence-corrected chi connectivity index (χ4v) is 4.56. The molecule has 10 nitrogen and oxygen atoms in total. The van der Waals surface area contributed by atoms with Gasteiger partial charge < -0.3 is 19.5 Å². The van der Waals surface area contributed by atoms with Gasteiger partial charge in [0.1, 0.15) is 12.3 Å². The number of carbonyl (C=O) groups excluding carboxylic acids is 5. The number of anilines is 1. The molecule has 0 radical (unpaired) electrons. The first-order chi connectivity index (χ1) is 17.6. The van der Waals surface area contributed by atoms with Gasteiger partial charge in [-0.15, -0.1) is 0 Å². The van der Waals surface area contributed by atoms with Crippen molar-refractivity contribution < 1.29 is 38.2 Å². The van der Waals surface area contributed by atoms with Gasteiger partial charge in [-0.05, 0) is 76.6 Å². The first kappa shape index (κ1) is 28.2. The second-order valence-corrected chi connectivity index (χ2v) is 9.54. The number of carbonyl (C=O) groups is 5. The molecule has 3 amide bonds. The summed E-state index contributed by atoms with van der Waals surface area (Å²) < 4.78 is 15.3. The SMILES string of the molecule is CCOC(=O)c1cc(NC(=O)CN2C(=O)S/C(=C/c3ccc(OCC(=O)OC)c(Br)c3)C2=O)ccc1Cl. The Bertz CT molecular complexity index is 1300. The van der Waals surface area contributed by atoms with Gasteiger partial charge in [-0.2, -0.15) is 0 Å². The van der Waals surface area contributed by atoms with E-state index in [4.69, 9.17) is 21.1 Å². The summed E-state index contributed by atoms with van der Waals surface area (Å²) in [5.41, 5.74) is 0.905. The predicted molar refractivity (Wildman–Crippen MR) is 140 cm³/mol. The van der Waals surface area contributed by atoms with Crippen molar-refractivity contribution in [2.75, 3.05) is 32.2 Å². The molecule has 0 saturated carbocycles. The monoisotopic (exact) mass is 610 g/mol. The number of thioether (sulfide) groups is 1. The van der Waals surface area contributed by atoms with Gasteiger partial charge in [0.05, 0.1) is 33.7 Å². The third-order valence-electron chi connectivity index (χ3n) is 4.75. The molecule has 0 atom stereocenters. The lowest BCUT2D eigenvalue weighted by molar-refractivity contribution is -0.143. The summed E-state index contributed by atoms with van der Waals surface area (Å²) in [6, 6.07) is 9.13. The first-order valence-corrected chi connectivity index (χ1v) is 12.6. The second kappa shape index (κ2) is 12.7. The number of benzene rings is 2. The molecule has 1 N–H and O–H groups in total. The van der Waals surface area contributed by atoms with Crippen molar-refractivity contribution in [3.05, 3.63) is 61.9 Å². The number of nitrogens with one attached hydrogen (secondary N) is 1. The molecule has 1 aliphatic heterocycles. The van der Waals surface area contributed by atoms with Crippen LogP contribution in [0.5, 0.6) is 5.75 Å². The van der Waals surface area contributed by atoms with Crippen LogP contribution in [0.15, 0.2) is 45.8 Å². The van der Waals surface area contributed by atoms with E-state index in [2.05, 4.69) is 26.0 Å². The average molecular weight is 612 g/mol. The van der Waals surface area contributed by atoms with E-state index in [-0.39, 0.29) is 34.4 Å². The van der Waals surface area contributed by atoms with E-state index in [0.717, 1.165) is 4.90 Å². The molecule has 194 valence electrons. The molecule has 1 saturated heterocycles. The van der Waals surface area contributed by atoms with Gasteiger partial charge in [-0.1, -0.05) is 17.7 Å². The van der Waals surface area contributed by atoms with Gasteiger partial charge in [0, 0.05) is 5.69 Å². The van der Waals surface area contributed by atoms with Crippen molar-refractivity contribution >= 4 is 80.0 Å². The normalized spacial score (nSPS) is 14.1. The van der Waals surface area contributed by atoms with Crippen LogP contribution >= 0.6 is 39.3 Å². The fraction of sp³-hybridized carbons (Fsp3) is 0.208. The standard InChI is InChI=1S/C24H20BrClN2O8S/c1-3-35-23(32)15-10-14(5-6-17(15)26)27-20(29)11-28-22(31)19(37-24(28)33)9-13-4-7-18(16(25)8-13)36-12-21(30)34-2/h4-10H,3,11-12H2,1-2H3,(H,27,29)/b19-9+. The number of amides is 3. The van der Waals surface area contributed by atoms with E-state index in [1.54, 1.807) is 25.1 Å². The number of rotatable bonds is 9. The van der Waals surface area contributed by atoms with Crippen LogP contribution in [0, 0.1) is 0 Å². The van der Waals surface area contributed by atoms with Gasteiger partial charge in [0.2, 0.25) is 5.91 Å². The molecule has 0 spiro atoms. The molecule has 0 aromatic heterocycles. The van der Waals surface area contributed by atoms with Crippen molar-refractivity contribution in [1.29, 1.82) is 0 Å². The minimum Gasteiger partial charge on any atom is -0.481 e. The minimum atomic E-state index is -0.644. The van der Waals surface area contributed by atoms with Crippen LogP contribution in [-0.4, -0.2) is 60.8 Å². The number of nitrogens with zero attached hydrogens (tertiary/aromatic N) is 1. The first-order valence-electron chi connectivity index (χ1n) is 10.6. The number of esters is 2. The Balaban J connectivity index is 1.66. The molecular formula is C24H20BrClN2O8S. The summed E-state index contributed by atoms with van der Waals surface area (Å²) >= 11 is 10.1. The maximum absolute atomic E-state index is 12.8. The summed E-state index contributed by atoms with van der Waals surface area (Å²) in [5.74, 6) is -2.06. The van der Waals surface area contributed by atoms with Crippen molar-refractivity contribution in [3.8, 4) is 5.75 Å². The summed E-state index contributed by atoms with van der Waals surface area (Å²) in [6.45, 7) is 1.01. The van der Waals surface area contributed by atoms with E-state index in [1.807, 2.05) is 0 Å². The van der Waals surface area contributed by atoms with Gasteiger partial charge >= 0.3 is 11.9 Å². The molecule has 2 aromatic rings. The second-order valence-electron chi connectivity index (χ2n) is 7.29. The van der Waals surface area contributed by atoms with Crippen molar-refractivity contribution in [2.24, 2.45) is 0 Å². The summed E-state index contributed by atoms with van der Waals surface area (Å²) in [4.78, 5) is 62.0. The molecule has 0 unspecified atom stereocenters. The molecule has 0 aliphatic carbocycles. The van der Waals surface area contributed by atoms with E-state index >= 15 is 0 Å². The maximum atomic E-state index is 12.8. The van der Waals surface area contributed by atoms with Crippen LogP contribution in [0.2, 0.25) is 5.02 Å². The Morgan fingerprint density at radius 1 is 1.16 bits per heavy atom. The molecule has 1 aliphatic rings. The van der Waals surface area contributed by atoms with Crippen molar-refractivity contribution in [1.82, 2.24) is 4.90 Å². The quantitative estimate of drug-likeness (QED) is 0.322. The Morgan fingerprint density at radius 2 is 1.92 bits per heavy atom. The third kappa shape index (κ3) is 7.34. The zero-order chi connectivity index (χ0) is 27.1. The molecule has 3 rings (SSSR count). The fourth-order valence-electron chi connectivity index (χ4n) is 3.02. The van der Waals surface area contributed by atoms with Crippen LogP contribution in [0.4, 0.5) is 10.5 Å². The molecule has 1 fully saturated rings. The Labute approximate surface area is 229 Å². The van der Waals surface area contributed by atoms with Crippen molar-refractivity contribution in [3.63, 3.8) is 0 Å². The van der Waals surface area contributed by atoms with Crippen LogP contribution in [0.3, 0.4) is 0 Å². The number of hydrogen-bond acceptors (Lipinski definition) is 9. The highest BCUT2D eigenvalue weighted by atomic mass is 79.9. The van der Waals surface area contributed by atoms with Gasteiger partial charge in [0.25, 0.3) is 11.1 Å². The Morgan fingerprint density at radius 3 is 2.59 bits per heavy atom. The third-order valence-corrected chi connectivity index (χ3v) is 6.60. The lowest BCUT2D eigenvalue weighted by Gasteiger charge is -2.13. The van der Waals surface area contributed by atoms with Gasteiger partial charge in [0.15, 0.2) is 6.61 Å². The van der Waals surface area contributed by atoms with Gasteiger partial charge in [-0.25, -0.2) is 9.59 Å². The largest absolute Gasteiger partial charge is 0.481 e. The van der Waals surface area contributed by atoms with Crippen LogP contribution in [0.1, 0.15) is 22.8 Å². The lowest BCUT2D eigenvalue weighted by Crippen LogP contribution is -2.36. The predicted octanol–water partition coefficient (Wildman–Crippen LogP) is 4.51. The number of methoxy groups -OCH3 is 1. The highest BCUT2D eigenvalue weighted by Crippen LogP contribution is 2.34. The highest BCUT2D eigenvalue weighted by Gasteiger charge is 2.36. The smallest absolute Gasteiger partial charge is 0.343 e. The average Bonchev–Trinajstić information content (AvgIpc) is 3.11. The zero-order valence-corrected chi connectivity index (χ0v) is 22.7. The molecule has 1 heterocycles. The lowest BCUT2D eigenvalue weighted by atomic mass is 10.2. The molecule has 13 heteroatoms. The Kier molecular flexibility index (Phi) is 9.73. The van der Waals surface area contributed by atoms with Crippen LogP contribution in [0.25, 0.3) is 6.08 Å². The topological polar surface area (TPSA) is 128 Å². The summed E-state index contributed by atoms with van der Waals surface area (Å²) in [7, 11) is 1.25. The van der Waals surface area contributed by atoms with E-state index in [1.165, 1.54) is 31.4 Å². The molecular weight excluding hydrogens is 592 g/mol. The number of hydrogen-bond donors (Lipinski definition) is 1. The number of imide groups is 1. The maximum Gasteiger partial charge on any atom is 0.343 e. The highest BCUT2D eigenvalue weighted by molar-refractivity contribution is 9.10. The van der Waals surface area contributed by atoms with Crippen LogP contribution in [-0.2, 0) is 23.9 Å². The van der Waals surface area contributed by atoms with E-state index < -0.39 is 35.5 Å². The number of halogens is 2.